The Morgan fingerprint density at radius 2 is 2.12 bits per heavy atom. The van der Waals surface area contributed by atoms with E-state index in [1.165, 1.54) is 0 Å². The molecular weight excluding hydrogens is 270 g/mol. The summed E-state index contributed by atoms with van der Waals surface area (Å²) in [6, 6.07) is 0. The first-order valence-electron chi connectivity index (χ1n) is 6.14. The van der Waals surface area contributed by atoms with Crippen molar-refractivity contribution in [2.75, 3.05) is 26.3 Å². The van der Waals surface area contributed by atoms with Gasteiger partial charge in [0, 0.05) is 24.5 Å². The molecule has 1 atom stereocenters. The van der Waals surface area contributed by atoms with E-state index in [9.17, 15) is 4.79 Å². The van der Waals surface area contributed by atoms with Gasteiger partial charge < -0.3 is 9.64 Å². The highest BCUT2D eigenvalue weighted by atomic mass is 79.9. The van der Waals surface area contributed by atoms with Crippen molar-refractivity contribution >= 4 is 21.8 Å². The number of halogens is 1. The maximum atomic E-state index is 11.7. The first kappa shape index (κ1) is 14.0. The highest BCUT2D eigenvalue weighted by molar-refractivity contribution is 9.09. The molecule has 0 aromatic heterocycles. The molecule has 1 unspecified atom stereocenters. The second-order valence-electron chi connectivity index (χ2n) is 4.45. The number of amides is 1. The first-order valence-corrected chi connectivity index (χ1v) is 7.06. The number of carbonyl (C=O) groups excluding carboxylic acids is 1. The number of piperidine rings is 1. The molecule has 0 saturated carbocycles. The van der Waals surface area contributed by atoms with Crippen molar-refractivity contribution in [2.45, 2.75) is 37.9 Å². The summed E-state index contributed by atoms with van der Waals surface area (Å²) in [5.41, 5.74) is 0. The van der Waals surface area contributed by atoms with Crippen LogP contribution >= 0.6 is 15.9 Å². The maximum absolute atomic E-state index is 11.7. The minimum atomic E-state index is 0.147. The van der Waals surface area contributed by atoms with Crippen molar-refractivity contribution in [3.63, 3.8) is 0 Å². The summed E-state index contributed by atoms with van der Waals surface area (Å²) in [7, 11) is 0. The highest BCUT2D eigenvalue weighted by Crippen LogP contribution is 2.24. The van der Waals surface area contributed by atoms with Crippen LogP contribution in [0.4, 0.5) is 0 Å². The smallest absolute Gasteiger partial charge is 0.248 e. The van der Waals surface area contributed by atoms with Crippen LogP contribution in [0.25, 0.3) is 0 Å². The summed E-state index contributed by atoms with van der Waals surface area (Å²) in [5, 5.41) is 0. The summed E-state index contributed by atoms with van der Waals surface area (Å²) >= 11 is 3.62. The lowest BCUT2D eigenvalue weighted by molar-refractivity contribution is -0.137. The lowest BCUT2D eigenvalue weighted by Gasteiger charge is -2.33. The van der Waals surface area contributed by atoms with Gasteiger partial charge in [0.25, 0.3) is 0 Å². The molecule has 0 N–H and O–H groups in total. The van der Waals surface area contributed by atoms with Crippen LogP contribution < -0.4 is 0 Å². The third-order valence-electron chi connectivity index (χ3n) is 3.12. The van der Waals surface area contributed by atoms with E-state index in [0.717, 1.165) is 32.4 Å². The number of hydrogen-bond acceptors (Lipinski definition) is 2. The second-order valence-corrected chi connectivity index (χ2v) is 5.89. The van der Waals surface area contributed by atoms with E-state index in [1.54, 1.807) is 0 Å². The van der Waals surface area contributed by atoms with Crippen molar-refractivity contribution in [1.29, 1.82) is 0 Å². The van der Waals surface area contributed by atoms with Crippen molar-refractivity contribution in [2.24, 2.45) is 5.92 Å². The van der Waals surface area contributed by atoms with E-state index in [1.807, 2.05) is 11.8 Å². The molecule has 1 rings (SSSR count). The molecule has 1 aliphatic rings. The number of alkyl halides is 1. The molecule has 1 amide bonds. The van der Waals surface area contributed by atoms with Crippen molar-refractivity contribution in [1.82, 2.24) is 4.90 Å². The summed E-state index contributed by atoms with van der Waals surface area (Å²) in [6.45, 7) is 6.94. The SMILES string of the molecule is CCCOCC(=O)N1CCC(C(C)Br)CC1. The third-order valence-corrected chi connectivity index (χ3v) is 3.86. The normalized spacial score (nSPS) is 19.8. The van der Waals surface area contributed by atoms with Gasteiger partial charge in [0.15, 0.2) is 0 Å². The summed E-state index contributed by atoms with van der Waals surface area (Å²) in [5.74, 6) is 0.856. The second kappa shape index (κ2) is 7.28. The van der Waals surface area contributed by atoms with Gasteiger partial charge in [0.1, 0.15) is 6.61 Å². The molecule has 4 heteroatoms. The molecular formula is C12H22BrNO2. The number of rotatable bonds is 5. The topological polar surface area (TPSA) is 29.5 Å². The number of hydrogen-bond donors (Lipinski definition) is 0. The van der Waals surface area contributed by atoms with E-state index < -0.39 is 0 Å². The van der Waals surface area contributed by atoms with Crippen LogP contribution in [-0.4, -0.2) is 41.9 Å². The van der Waals surface area contributed by atoms with Gasteiger partial charge in [-0.1, -0.05) is 29.8 Å². The van der Waals surface area contributed by atoms with Crippen molar-refractivity contribution in [3.05, 3.63) is 0 Å². The Morgan fingerprint density at radius 3 is 2.62 bits per heavy atom. The largest absolute Gasteiger partial charge is 0.372 e. The molecule has 1 fully saturated rings. The van der Waals surface area contributed by atoms with Crippen LogP contribution in [0, 0.1) is 5.92 Å². The number of likely N-dealkylation sites (tertiary alicyclic amines) is 1. The highest BCUT2D eigenvalue weighted by Gasteiger charge is 2.24. The lowest BCUT2D eigenvalue weighted by Crippen LogP contribution is -2.41. The molecule has 0 aliphatic carbocycles. The molecule has 1 heterocycles. The van der Waals surface area contributed by atoms with Crippen LogP contribution in [0.2, 0.25) is 0 Å². The van der Waals surface area contributed by atoms with Gasteiger partial charge in [0.05, 0.1) is 0 Å². The van der Waals surface area contributed by atoms with Gasteiger partial charge in [-0.3, -0.25) is 4.79 Å². The molecule has 1 aliphatic heterocycles. The van der Waals surface area contributed by atoms with E-state index in [-0.39, 0.29) is 12.5 Å². The van der Waals surface area contributed by atoms with Gasteiger partial charge in [-0.25, -0.2) is 0 Å². The zero-order valence-corrected chi connectivity index (χ0v) is 11.8. The Labute approximate surface area is 107 Å². The Balaban J connectivity index is 2.22. The maximum Gasteiger partial charge on any atom is 0.248 e. The van der Waals surface area contributed by atoms with E-state index in [0.29, 0.717) is 17.4 Å². The van der Waals surface area contributed by atoms with Crippen molar-refractivity contribution < 1.29 is 9.53 Å². The lowest BCUT2D eigenvalue weighted by atomic mass is 9.94. The number of carbonyl (C=O) groups is 1. The number of nitrogens with zero attached hydrogens (tertiary/aromatic N) is 1. The minimum absolute atomic E-state index is 0.147. The van der Waals surface area contributed by atoms with Crippen LogP contribution in [-0.2, 0) is 9.53 Å². The fourth-order valence-electron chi connectivity index (χ4n) is 2.00. The zero-order valence-electron chi connectivity index (χ0n) is 10.2. The molecule has 0 radical (unpaired) electrons. The minimum Gasteiger partial charge on any atom is -0.372 e. The Bertz CT molecular complexity index is 213. The number of ether oxygens (including phenoxy) is 1. The van der Waals surface area contributed by atoms with Crippen LogP contribution in [0.5, 0.6) is 0 Å². The molecule has 1 saturated heterocycles. The molecule has 3 nitrogen and oxygen atoms in total. The molecule has 0 aromatic carbocycles. The third kappa shape index (κ3) is 4.42. The summed E-state index contributed by atoms with van der Waals surface area (Å²) < 4.78 is 5.27. The quantitative estimate of drug-likeness (QED) is 0.575. The van der Waals surface area contributed by atoms with Gasteiger partial charge >= 0.3 is 0 Å². The fourth-order valence-corrected chi connectivity index (χ4v) is 2.53. The summed E-state index contributed by atoms with van der Waals surface area (Å²) in [6.07, 6.45) is 3.17. The van der Waals surface area contributed by atoms with E-state index in [2.05, 4.69) is 22.9 Å². The van der Waals surface area contributed by atoms with Gasteiger partial charge in [-0.15, -0.1) is 0 Å². The Kier molecular flexibility index (Phi) is 6.36. The molecule has 0 spiro atoms. The van der Waals surface area contributed by atoms with Crippen molar-refractivity contribution in [3.8, 4) is 0 Å². The summed E-state index contributed by atoms with van der Waals surface area (Å²) in [4.78, 5) is 14.2. The molecule has 0 aromatic rings. The molecule has 94 valence electrons. The average Bonchev–Trinajstić information content (AvgIpc) is 2.29. The fraction of sp³-hybridized carbons (Fsp3) is 0.917. The van der Waals surface area contributed by atoms with Gasteiger partial charge in [0.2, 0.25) is 5.91 Å². The van der Waals surface area contributed by atoms with Gasteiger partial charge in [-0.2, -0.15) is 0 Å². The Morgan fingerprint density at radius 1 is 1.50 bits per heavy atom. The predicted octanol–water partition coefficient (Wildman–Crippen LogP) is 2.44. The monoisotopic (exact) mass is 291 g/mol. The van der Waals surface area contributed by atoms with Crippen LogP contribution in [0.3, 0.4) is 0 Å². The van der Waals surface area contributed by atoms with Crippen LogP contribution in [0.15, 0.2) is 0 Å². The Hall–Kier alpha value is -0.0900. The van der Waals surface area contributed by atoms with E-state index >= 15 is 0 Å². The first-order chi connectivity index (χ1) is 7.65. The zero-order chi connectivity index (χ0) is 12.0. The van der Waals surface area contributed by atoms with Gasteiger partial charge in [-0.05, 0) is 25.2 Å². The molecule has 16 heavy (non-hydrogen) atoms. The standard InChI is InChI=1S/C12H22BrNO2/c1-3-8-16-9-12(15)14-6-4-11(5-7-14)10(2)13/h10-11H,3-9H2,1-2H3. The predicted molar refractivity (Wildman–Crippen MR) is 68.8 cm³/mol. The molecule has 0 bridgehead atoms. The van der Waals surface area contributed by atoms with Crippen LogP contribution in [0.1, 0.15) is 33.1 Å². The average molecular weight is 292 g/mol. The van der Waals surface area contributed by atoms with E-state index in [4.69, 9.17) is 4.74 Å².